The van der Waals surface area contributed by atoms with E-state index in [0.717, 1.165) is 5.56 Å². The third-order valence-electron chi connectivity index (χ3n) is 4.25. The minimum absolute atomic E-state index is 0.0829. The summed E-state index contributed by atoms with van der Waals surface area (Å²) >= 11 is 18.4. The lowest BCUT2D eigenvalue weighted by atomic mass is 10.2. The molecule has 1 saturated heterocycles. The molecule has 1 N–H and O–H groups in total. The number of pyridine rings is 1. The number of anilines is 2. The fourth-order valence-corrected chi connectivity index (χ4v) is 3.57. The summed E-state index contributed by atoms with van der Waals surface area (Å²) in [6, 6.07) is 4.90. The van der Waals surface area contributed by atoms with Crippen molar-refractivity contribution in [3.05, 3.63) is 51.2 Å². The van der Waals surface area contributed by atoms with Gasteiger partial charge >= 0.3 is 6.03 Å². The van der Waals surface area contributed by atoms with Gasteiger partial charge in [-0.15, -0.1) is 0 Å². The Labute approximate surface area is 172 Å². The maximum atomic E-state index is 12.7. The topological polar surface area (TPSA) is 65.5 Å². The fraction of sp³-hybridized carbons (Fsp3) is 0.278. The van der Waals surface area contributed by atoms with E-state index < -0.39 is 0 Å². The van der Waals surface area contributed by atoms with Crippen LogP contribution in [0.2, 0.25) is 15.1 Å². The zero-order valence-corrected chi connectivity index (χ0v) is 16.8. The average Bonchev–Trinajstić information content (AvgIpc) is 2.80. The van der Waals surface area contributed by atoms with Gasteiger partial charge in [0.15, 0.2) is 0 Å². The largest absolute Gasteiger partial charge is 0.322 e. The van der Waals surface area contributed by atoms with E-state index >= 15 is 0 Å². The van der Waals surface area contributed by atoms with Crippen LogP contribution in [0.5, 0.6) is 0 Å². The first-order chi connectivity index (χ1) is 12.9. The Balaban J connectivity index is 1.74. The molecule has 0 bridgehead atoms. The Kier molecular flexibility index (Phi) is 6.09. The van der Waals surface area contributed by atoms with Gasteiger partial charge in [0.25, 0.3) is 0 Å². The standard InChI is InChI=1S/C18H17Cl3N4O2/c1-11-3-4-12(7-13(11)19)23-18(27)24-5-2-6-25(16(26)10-24)17-14(20)8-22-9-15(17)21/h3-4,7-9H,2,5-6,10H2,1H3,(H,23,27). The summed E-state index contributed by atoms with van der Waals surface area (Å²) in [5.74, 6) is -0.264. The molecular formula is C18H17Cl3N4O2. The van der Waals surface area contributed by atoms with Gasteiger partial charge in [-0.05, 0) is 31.0 Å². The number of urea groups is 1. The van der Waals surface area contributed by atoms with Crippen LogP contribution in [0.1, 0.15) is 12.0 Å². The highest BCUT2D eigenvalue weighted by Crippen LogP contribution is 2.33. The van der Waals surface area contributed by atoms with Crippen LogP contribution in [0, 0.1) is 6.92 Å². The molecule has 3 rings (SSSR count). The van der Waals surface area contributed by atoms with E-state index in [1.807, 2.05) is 13.0 Å². The van der Waals surface area contributed by atoms with Crippen molar-refractivity contribution in [2.75, 3.05) is 29.9 Å². The lowest BCUT2D eigenvalue weighted by Gasteiger charge is -2.23. The molecule has 3 amide bonds. The Morgan fingerprint density at radius 2 is 1.81 bits per heavy atom. The molecule has 0 saturated carbocycles. The number of hydrogen-bond donors (Lipinski definition) is 1. The molecule has 142 valence electrons. The number of benzene rings is 1. The van der Waals surface area contributed by atoms with Gasteiger partial charge in [-0.25, -0.2) is 4.79 Å². The molecule has 1 fully saturated rings. The van der Waals surface area contributed by atoms with E-state index in [1.165, 1.54) is 22.2 Å². The molecule has 1 aromatic carbocycles. The normalized spacial score (nSPS) is 14.9. The predicted molar refractivity (Wildman–Crippen MR) is 108 cm³/mol. The van der Waals surface area contributed by atoms with E-state index in [0.29, 0.717) is 46.0 Å². The molecule has 0 atom stereocenters. The lowest BCUT2D eigenvalue weighted by Crippen LogP contribution is -2.41. The van der Waals surface area contributed by atoms with Gasteiger partial charge in [0.05, 0.1) is 15.7 Å². The molecule has 0 aliphatic carbocycles. The van der Waals surface area contributed by atoms with Crippen LogP contribution >= 0.6 is 34.8 Å². The number of hydrogen-bond acceptors (Lipinski definition) is 3. The van der Waals surface area contributed by atoms with Crippen LogP contribution < -0.4 is 10.2 Å². The summed E-state index contributed by atoms with van der Waals surface area (Å²) in [5, 5.41) is 3.93. The van der Waals surface area contributed by atoms with Crippen molar-refractivity contribution in [2.24, 2.45) is 0 Å². The summed E-state index contributed by atoms with van der Waals surface area (Å²) in [6.45, 7) is 2.63. The second kappa shape index (κ2) is 8.33. The van der Waals surface area contributed by atoms with E-state index in [9.17, 15) is 9.59 Å². The van der Waals surface area contributed by atoms with Crippen molar-refractivity contribution in [1.29, 1.82) is 0 Å². The molecular weight excluding hydrogens is 411 g/mol. The van der Waals surface area contributed by atoms with Crippen LogP contribution in [-0.2, 0) is 4.79 Å². The summed E-state index contributed by atoms with van der Waals surface area (Å²) in [7, 11) is 0. The van der Waals surface area contributed by atoms with Crippen LogP contribution in [0.3, 0.4) is 0 Å². The number of nitrogens with one attached hydrogen (secondary N) is 1. The maximum absolute atomic E-state index is 12.7. The monoisotopic (exact) mass is 426 g/mol. The first-order valence-corrected chi connectivity index (χ1v) is 9.41. The molecule has 2 heterocycles. The van der Waals surface area contributed by atoms with Gasteiger partial charge in [0.1, 0.15) is 6.54 Å². The zero-order chi connectivity index (χ0) is 19.6. The SMILES string of the molecule is Cc1ccc(NC(=O)N2CCCN(c3c(Cl)cncc3Cl)C(=O)C2)cc1Cl. The predicted octanol–water partition coefficient (Wildman–Crippen LogP) is 4.62. The number of carbonyl (C=O) groups excluding carboxylic acids is 2. The molecule has 0 radical (unpaired) electrons. The highest BCUT2D eigenvalue weighted by molar-refractivity contribution is 6.39. The highest BCUT2D eigenvalue weighted by atomic mass is 35.5. The summed E-state index contributed by atoms with van der Waals surface area (Å²) in [5.41, 5.74) is 1.91. The molecule has 6 nitrogen and oxygen atoms in total. The third-order valence-corrected chi connectivity index (χ3v) is 5.21. The average molecular weight is 428 g/mol. The number of carbonyl (C=O) groups is 2. The summed E-state index contributed by atoms with van der Waals surface area (Å²) in [4.78, 5) is 32.2. The number of aromatic nitrogens is 1. The molecule has 2 aromatic rings. The lowest BCUT2D eigenvalue weighted by molar-refractivity contribution is -0.118. The van der Waals surface area contributed by atoms with E-state index in [1.54, 1.807) is 12.1 Å². The van der Waals surface area contributed by atoms with Gasteiger partial charge in [-0.3, -0.25) is 9.78 Å². The van der Waals surface area contributed by atoms with Crippen molar-refractivity contribution >= 4 is 58.1 Å². The molecule has 1 aliphatic rings. The second-order valence-electron chi connectivity index (χ2n) is 6.17. The van der Waals surface area contributed by atoms with Crippen molar-refractivity contribution in [2.45, 2.75) is 13.3 Å². The minimum Gasteiger partial charge on any atom is -0.315 e. The molecule has 1 aliphatic heterocycles. The van der Waals surface area contributed by atoms with Crippen molar-refractivity contribution in [1.82, 2.24) is 9.88 Å². The highest BCUT2D eigenvalue weighted by Gasteiger charge is 2.28. The Hall–Kier alpha value is -2.02. The van der Waals surface area contributed by atoms with Gasteiger partial charge in [-0.1, -0.05) is 40.9 Å². The quantitative estimate of drug-likeness (QED) is 0.760. The van der Waals surface area contributed by atoms with Gasteiger partial charge in [-0.2, -0.15) is 0 Å². The first-order valence-electron chi connectivity index (χ1n) is 8.28. The molecule has 27 heavy (non-hydrogen) atoms. The van der Waals surface area contributed by atoms with Crippen LogP contribution in [0.4, 0.5) is 16.2 Å². The van der Waals surface area contributed by atoms with E-state index in [2.05, 4.69) is 10.3 Å². The number of nitrogens with zero attached hydrogens (tertiary/aromatic N) is 3. The van der Waals surface area contributed by atoms with Crippen molar-refractivity contribution in [3.63, 3.8) is 0 Å². The van der Waals surface area contributed by atoms with E-state index in [-0.39, 0.29) is 18.5 Å². The van der Waals surface area contributed by atoms with Gasteiger partial charge < -0.3 is 15.1 Å². The van der Waals surface area contributed by atoms with Gasteiger partial charge in [0.2, 0.25) is 5.91 Å². The maximum Gasteiger partial charge on any atom is 0.322 e. The van der Waals surface area contributed by atoms with Crippen LogP contribution in [0.15, 0.2) is 30.6 Å². The van der Waals surface area contributed by atoms with Crippen molar-refractivity contribution in [3.8, 4) is 0 Å². The van der Waals surface area contributed by atoms with Crippen LogP contribution in [0.25, 0.3) is 0 Å². The van der Waals surface area contributed by atoms with Crippen molar-refractivity contribution < 1.29 is 9.59 Å². The Bertz CT molecular complexity index is 871. The van der Waals surface area contributed by atoms with Gasteiger partial charge in [0, 0.05) is 36.2 Å². The van der Waals surface area contributed by atoms with E-state index in [4.69, 9.17) is 34.8 Å². The molecule has 9 heteroatoms. The Morgan fingerprint density at radius 3 is 2.48 bits per heavy atom. The minimum atomic E-state index is -0.364. The number of aryl methyl sites for hydroxylation is 1. The summed E-state index contributed by atoms with van der Waals surface area (Å²) < 4.78 is 0. The summed E-state index contributed by atoms with van der Waals surface area (Å²) in [6.07, 6.45) is 3.46. The van der Waals surface area contributed by atoms with Crippen LogP contribution in [-0.4, -0.2) is 41.5 Å². The Morgan fingerprint density at radius 1 is 1.11 bits per heavy atom. The molecule has 0 unspecified atom stereocenters. The molecule has 0 spiro atoms. The smallest absolute Gasteiger partial charge is 0.315 e. The number of amides is 3. The molecule has 1 aromatic heterocycles. The number of halogens is 3. The third kappa shape index (κ3) is 4.46. The second-order valence-corrected chi connectivity index (χ2v) is 7.39. The number of rotatable bonds is 2. The fourth-order valence-electron chi connectivity index (χ4n) is 2.82. The zero-order valence-electron chi connectivity index (χ0n) is 14.5. The first kappa shape index (κ1) is 19.7.